The Morgan fingerprint density at radius 1 is 1.23 bits per heavy atom. The van der Waals surface area contributed by atoms with Crippen molar-refractivity contribution in [3.63, 3.8) is 0 Å². The van der Waals surface area contributed by atoms with Gasteiger partial charge >= 0.3 is 11.9 Å². The number of carbonyl (C=O) groups is 4. The SMILES string of the molecule is CCOC(=O)CN1C(=O)S/C(=C\c2ccc(-c3cc(C(=O)O)ccc3OC)o2)C1=O. The molecular formula is C20H17NO8S. The Kier molecular flexibility index (Phi) is 6.26. The minimum absolute atomic E-state index is 0.0591. The summed E-state index contributed by atoms with van der Waals surface area (Å²) in [7, 11) is 1.45. The molecule has 0 saturated carbocycles. The molecule has 1 aromatic carbocycles. The van der Waals surface area contributed by atoms with Crippen molar-refractivity contribution in [1.29, 1.82) is 0 Å². The number of amides is 2. The average molecular weight is 431 g/mol. The fourth-order valence-electron chi connectivity index (χ4n) is 2.71. The van der Waals surface area contributed by atoms with Gasteiger partial charge in [0.1, 0.15) is 23.8 Å². The number of carbonyl (C=O) groups excluding carboxylic acids is 3. The zero-order valence-electron chi connectivity index (χ0n) is 16.0. The Bertz CT molecular complexity index is 1050. The van der Waals surface area contributed by atoms with Crippen LogP contribution in [0.3, 0.4) is 0 Å². The summed E-state index contributed by atoms with van der Waals surface area (Å²) in [6.07, 6.45) is 1.38. The topological polar surface area (TPSA) is 123 Å². The van der Waals surface area contributed by atoms with Gasteiger partial charge < -0.3 is 19.0 Å². The van der Waals surface area contributed by atoms with Gasteiger partial charge in [0.05, 0.1) is 29.7 Å². The highest BCUT2D eigenvalue weighted by Crippen LogP contribution is 2.35. The smallest absolute Gasteiger partial charge is 0.335 e. The Hall–Kier alpha value is -3.53. The van der Waals surface area contributed by atoms with Gasteiger partial charge in [0.25, 0.3) is 11.1 Å². The van der Waals surface area contributed by atoms with E-state index in [0.29, 0.717) is 28.8 Å². The van der Waals surface area contributed by atoms with Crippen LogP contribution < -0.4 is 4.74 Å². The van der Waals surface area contributed by atoms with Crippen molar-refractivity contribution < 1.29 is 38.2 Å². The van der Waals surface area contributed by atoms with Gasteiger partial charge in [0, 0.05) is 6.08 Å². The quantitative estimate of drug-likeness (QED) is 0.520. The number of carboxylic acid groups (broad SMARTS) is 1. The lowest BCUT2D eigenvalue weighted by Crippen LogP contribution is -2.34. The first kappa shape index (κ1) is 21.2. The molecule has 1 fully saturated rings. The van der Waals surface area contributed by atoms with E-state index >= 15 is 0 Å². The van der Waals surface area contributed by atoms with E-state index in [1.807, 2.05) is 0 Å². The van der Waals surface area contributed by atoms with E-state index in [1.165, 1.54) is 31.4 Å². The van der Waals surface area contributed by atoms with E-state index in [2.05, 4.69) is 0 Å². The predicted octanol–water partition coefficient (Wildman–Crippen LogP) is 3.25. The number of methoxy groups -OCH3 is 1. The van der Waals surface area contributed by atoms with Crippen molar-refractivity contribution in [1.82, 2.24) is 4.90 Å². The first-order valence-electron chi connectivity index (χ1n) is 8.76. The maximum absolute atomic E-state index is 12.4. The zero-order chi connectivity index (χ0) is 21.8. The third kappa shape index (κ3) is 4.38. The molecule has 0 aliphatic carbocycles. The summed E-state index contributed by atoms with van der Waals surface area (Å²) >= 11 is 0.684. The molecule has 2 heterocycles. The van der Waals surface area contributed by atoms with Gasteiger partial charge in [-0.15, -0.1) is 0 Å². The standard InChI is InChI=1S/C20H17NO8S/c1-3-28-17(22)10-21-18(23)16(30-20(21)26)9-12-5-7-15(29-12)13-8-11(19(24)25)4-6-14(13)27-2/h4-9H,3,10H2,1-2H3,(H,24,25)/b16-9-. The third-order valence-corrected chi connectivity index (χ3v) is 4.99. The molecular weight excluding hydrogens is 414 g/mol. The molecule has 10 heteroatoms. The first-order valence-corrected chi connectivity index (χ1v) is 9.58. The van der Waals surface area contributed by atoms with Crippen LogP contribution in [0.1, 0.15) is 23.0 Å². The maximum atomic E-state index is 12.4. The molecule has 0 unspecified atom stereocenters. The highest BCUT2D eigenvalue weighted by atomic mass is 32.2. The third-order valence-electron chi connectivity index (χ3n) is 4.08. The number of nitrogens with zero attached hydrogens (tertiary/aromatic N) is 1. The molecule has 2 amide bonds. The number of hydrogen-bond acceptors (Lipinski definition) is 8. The van der Waals surface area contributed by atoms with Crippen LogP contribution >= 0.6 is 11.8 Å². The number of carboxylic acids is 1. The first-order chi connectivity index (χ1) is 14.3. The largest absolute Gasteiger partial charge is 0.496 e. The van der Waals surface area contributed by atoms with Gasteiger partial charge in [-0.25, -0.2) is 4.79 Å². The van der Waals surface area contributed by atoms with Crippen LogP contribution in [-0.4, -0.2) is 53.4 Å². The molecule has 0 atom stereocenters. The summed E-state index contributed by atoms with van der Waals surface area (Å²) in [5.74, 6) is -1.38. The fourth-order valence-corrected chi connectivity index (χ4v) is 3.53. The minimum Gasteiger partial charge on any atom is -0.496 e. The molecule has 0 bridgehead atoms. The van der Waals surface area contributed by atoms with Crippen molar-refractivity contribution in [2.45, 2.75) is 6.92 Å². The van der Waals surface area contributed by atoms with Crippen molar-refractivity contribution in [2.24, 2.45) is 0 Å². The summed E-state index contributed by atoms with van der Waals surface area (Å²) in [5, 5.41) is 8.62. The molecule has 1 N–H and O–H groups in total. The zero-order valence-corrected chi connectivity index (χ0v) is 16.9. The molecule has 1 aliphatic rings. The maximum Gasteiger partial charge on any atom is 0.335 e. The highest BCUT2D eigenvalue weighted by molar-refractivity contribution is 8.18. The second-order valence-electron chi connectivity index (χ2n) is 6.00. The lowest BCUT2D eigenvalue weighted by atomic mass is 10.1. The van der Waals surface area contributed by atoms with Crippen molar-refractivity contribution in [3.05, 3.63) is 46.6 Å². The normalized spacial score (nSPS) is 15.0. The second-order valence-corrected chi connectivity index (χ2v) is 6.99. The summed E-state index contributed by atoms with van der Waals surface area (Å²) in [4.78, 5) is 48.2. The van der Waals surface area contributed by atoms with E-state index in [4.69, 9.17) is 13.9 Å². The number of aromatic carboxylic acids is 1. The van der Waals surface area contributed by atoms with Crippen LogP contribution in [-0.2, 0) is 14.3 Å². The molecule has 30 heavy (non-hydrogen) atoms. The molecule has 1 saturated heterocycles. The number of thioether (sulfide) groups is 1. The second kappa shape index (κ2) is 8.87. The molecule has 9 nitrogen and oxygen atoms in total. The highest BCUT2D eigenvalue weighted by Gasteiger charge is 2.36. The number of hydrogen-bond donors (Lipinski definition) is 1. The number of imide groups is 1. The van der Waals surface area contributed by atoms with Crippen LogP contribution in [0.4, 0.5) is 4.79 Å². The Balaban J connectivity index is 1.85. The van der Waals surface area contributed by atoms with E-state index in [1.54, 1.807) is 19.1 Å². The summed E-state index contributed by atoms with van der Waals surface area (Å²) in [6, 6.07) is 7.51. The van der Waals surface area contributed by atoms with Gasteiger partial charge in [0.15, 0.2) is 0 Å². The molecule has 3 rings (SSSR count). The monoisotopic (exact) mass is 431 g/mol. The molecule has 0 spiro atoms. The summed E-state index contributed by atoms with van der Waals surface area (Å²) < 4.78 is 15.7. The van der Waals surface area contributed by atoms with Crippen LogP contribution in [0, 0.1) is 0 Å². The Labute approximate surface area is 175 Å². The van der Waals surface area contributed by atoms with Crippen LogP contribution in [0.15, 0.2) is 39.7 Å². The van der Waals surface area contributed by atoms with E-state index < -0.39 is 29.6 Å². The van der Waals surface area contributed by atoms with Gasteiger partial charge in [-0.05, 0) is 49.0 Å². The van der Waals surface area contributed by atoms with E-state index in [9.17, 15) is 24.3 Å². The molecule has 0 radical (unpaired) electrons. The summed E-state index contributed by atoms with van der Waals surface area (Å²) in [5.41, 5.74) is 0.483. The lowest BCUT2D eigenvalue weighted by Gasteiger charge is -2.10. The van der Waals surface area contributed by atoms with E-state index in [-0.39, 0.29) is 22.8 Å². The average Bonchev–Trinajstić information content (AvgIpc) is 3.28. The van der Waals surface area contributed by atoms with Crippen LogP contribution in [0.25, 0.3) is 17.4 Å². The molecule has 2 aromatic rings. The Morgan fingerprint density at radius 3 is 2.67 bits per heavy atom. The van der Waals surface area contributed by atoms with Gasteiger partial charge in [0.2, 0.25) is 0 Å². The van der Waals surface area contributed by atoms with Crippen molar-refractivity contribution >= 4 is 40.9 Å². The lowest BCUT2D eigenvalue weighted by molar-refractivity contribution is -0.145. The fraction of sp³-hybridized carbons (Fsp3) is 0.200. The number of rotatable bonds is 7. The van der Waals surface area contributed by atoms with E-state index in [0.717, 1.165) is 4.90 Å². The minimum atomic E-state index is -1.10. The van der Waals surface area contributed by atoms with Crippen LogP contribution in [0.2, 0.25) is 0 Å². The van der Waals surface area contributed by atoms with Crippen molar-refractivity contribution in [2.75, 3.05) is 20.3 Å². The van der Waals surface area contributed by atoms with Crippen LogP contribution in [0.5, 0.6) is 5.75 Å². The van der Waals surface area contributed by atoms with Crippen molar-refractivity contribution in [3.8, 4) is 17.1 Å². The number of esters is 1. The van der Waals surface area contributed by atoms with Gasteiger partial charge in [-0.3, -0.25) is 19.3 Å². The molecule has 156 valence electrons. The van der Waals surface area contributed by atoms with Gasteiger partial charge in [-0.1, -0.05) is 0 Å². The molecule has 1 aromatic heterocycles. The number of benzene rings is 1. The summed E-state index contributed by atoms with van der Waals surface area (Å²) in [6.45, 7) is 1.31. The predicted molar refractivity (Wildman–Crippen MR) is 107 cm³/mol. The van der Waals surface area contributed by atoms with Gasteiger partial charge in [-0.2, -0.15) is 0 Å². The molecule has 1 aliphatic heterocycles. The Morgan fingerprint density at radius 2 is 2.00 bits per heavy atom. The number of furan rings is 1. The number of ether oxygens (including phenoxy) is 2.